The summed E-state index contributed by atoms with van der Waals surface area (Å²) in [5, 5.41) is 3.09. The van der Waals surface area contributed by atoms with Crippen molar-refractivity contribution in [2.75, 3.05) is 12.8 Å². The second kappa shape index (κ2) is 5.12. The molecule has 1 aliphatic carbocycles. The molecule has 84 valence electrons. The third-order valence-electron chi connectivity index (χ3n) is 3.03. The highest BCUT2D eigenvalue weighted by molar-refractivity contribution is 7.92. The Morgan fingerprint density at radius 2 is 2.07 bits per heavy atom. The summed E-state index contributed by atoms with van der Waals surface area (Å²) in [5.74, 6) is 0.355. The average Bonchev–Trinajstić information content (AvgIpc) is 2.18. The molecule has 0 bridgehead atoms. The zero-order valence-corrected chi connectivity index (χ0v) is 9.94. The van der Waals surface area contributed by atoms with Gasteiger partial charge in [0.25, 0.3) is 0 Å². The topological polar surface area (TPSA) is 46.2 Å². The van der Waals surface area contributed by atoms with Crippen LogP contribution in [0.3, 0.4) is 0 Å². The highest BCUT2D eigenvalue weighted by Gasteiger charge is 2.30. The number of rotatable bonds is 4. The Hall–Kier alpha value is -0.0900. The third kappa shape index (κ3) is 2.95. The molecule has 1 rings (SSSR count). The van der Waals surface area contributed by atoms with E-state index in [1.54, 1.807) is 0 Å². The molecule has 0 saturated heterocycles. The third-order valence-corrected chi connectivity index (χ3v) is 5.45. The molecule has 0 radical (unpaired) electrons. The van der Waals surface area contributed by atoms with Gasteiger partial charge in [-0.1, -0.05) is 13.3 Å². The summed E-state index contributed by atoms with van der Waals surface area (Å²) < 4.78 is 23.6. The molecule has 4 heteroatoms. The monoisotopic (exact) mass is 219 g/mol. The maximum Gasteiger partial charge on any atom is 0.153 e. The largest absolute Gasteiger partial charge is 0.317 e. The van der Waals surface area contributed by atoms with Gasteiger partial charge in [-0.2, -0.15) is 0 Å². The Morgan fingerprint density at radius 3 is 2.64 bits per heavy atom. The lowest BCUT2D eigenvalue weighted by molar-refractivity contribution is 0.390. The smallest absolute Gasteiger partial charge is 0.153 e. The summed E-state index contributed by atoms with van der Waals surface area (Å²) in [6.07, 6.45) is 4.57. The van der Waals surface area contributed by atoms with E-state index in [-0.39, 0.29) is 5.25 Å². The lowest BCUT2D eigenvalue weighted by atomic mass is 9.95. The van der Waals surface area contributed by atoms with Crippen LogP contribution in [-0.2, 0) is 9.84 Å². The fourth-order valence-corrected chi connectivity index (χ4v) is 4.14. The highest BCUT2D eigenvalue weighted by atomic mass is 32.2. The van der Waals surface area contributed by atoms with Crippen LogP contribution < -0.4 is 5.32 Å². The molecule has 0 aliphatic heterocycles. The molecule has 1 aliphatic rings. The van der Waals surface area contributed by atoms with Gasteiger partial charge in [0, 0.05) is 6.04 Å². The summed E-state index contributed by atoms with van der Waals surface area (Å²) in [6, 6.07) is 0.403. The van der Waals surface area contributed by atoms with E-state index in [1.165, 1.54) is 0 Å². The van der Waals surface area contributed by atoms with Crippen LogP contribution in [0, 0.1) is 0 Å². The predicted octanol–water partition coefficient (Wildman–Crippen LogP) is 1.34. The van der Waals surface area contributed by atoms with E-state index < -0.39 is 9.84 Å². The van der Waals surface area contributed by atoms with Crippen LogP contribution >= 0.6 is 0 Å². The molecule has 0 heterocycles. The molecule has 1 saturated carbocycles. The molecule has 1 N–H and O–H groups in total. The quantitative estimate of drug-likeness (QED) is 0.776. The zero-order valence-electron chi connectivity index (χ0n) is 9.12. The molecule has 1 fully saturated rings. The van der Waals surface area contributed by atoms with Gasteiger partial charge in [0.05, 0.1) is 11.0 Å². The van der Waals surface area contributed by atoms with Gasteiger partial charge in [0.15, 0.2) is 9.84 Å². The van der Waals surface area contributed by atoms with Crippen molar-refractivity contribution < 1.29 is 8.42 Å². The summed E-state index contributed by atoms with van der Waals surface area (Å²) >= 11 is 0. The zero-order chi connectivity index (χ0) is 10.6. The van der Waals surface area contributed by atoms with Gasteiger partial charge in [-0.15, -0.1) is 0 Å². The lowest BCUT2D eigenvalue weighted by Crippen LogP contribution is -2.38. The van der Waals surface area contributed by atoms with Gasteiger partial charge < -0.3 is 5.32 Å². The molecular formula is C10H21NO2S. The first kappa shape index (κ1) is 12.0. The van der Waals surface area contributed by atoms with E-state index >= 15 is 0 Å². The van der Waals surface area contributed by atoms with E-state index in [0.717, 1.165) is 32.1 Å². The molecule has 0 aromatic heterocycles. The van der Waals surface area contributed by atoms with Crippen molar-refractivity contribution in [2.24, 2.45) is 0 Å². The lowest BCUT2D eigenvalue weighted by Gasteiger charge is -2.28. The number of hydrogen-bond donors (Lipinski definition) is 1. The summed E-state index contributed by atoms with van der Waals surface area (Å²) in [6.45, 7) is 1.93. The summed E-state index contributed by atoms with van der Waals surface area (Å²) in [4.78, 5) is 0. The molecule has 0 aromatic rings. The minimum absolute atomic E-state index is 0.0892. The van der Waals surface area contributed by atoms with Gasteiger partial charge in [0.1, 0.15) is 0 Å². The maximum atomic E-state index is 11.8. The van der Waals surface area contributed by atoms with Crippen LogP contribution in [0.2, 0.25) is 0 Å². The predicted molar refractivity (Wildman–Crippen MR) is 59.2 cm³/mol. The standard InChI is InChI=1S/C10H21NO2S/c1-3-7-14(12,13)10-6-4-5-9(8-10)11-2/h9-11H,3-8H2,1-2H3. The fraction of sp³-hybridized carbons (Fsp3) is 1.00. The van der Waals surface area contributed by atoms with Crippen LogP contribution in [-0.4, -0.2) is 32.5 Å². The van der Waals surface area contributed by atoms with E-state index in [2.05, 4.69) is 5.32 Å². The van der Waals surface area contributed by atoms with Crippen molar-refractivity contribution >= 4 is 9.84 Å². The van der Waals surface area contributed by atoms with Crippen LogP contribution in [0.4, 0.5) is 0 Å². The molecule has 14 heavy (non-hydrogen) atoms. The minimum Gasteiger partial charge on any atom is -0.317 e. The Kier molecular flexibility index (Phi) is 4.38. The SMILES string of the molecule is CCCS(=O)(=O)C1CCCC(NC)C1. The van der Waals surface area contributed by atoms with Crippen LogP contribution in [0.15, 0.2) is 0 Å². The Morgan fingerprint density at radius 1 is 1.36 bits per heavy atom. The fourth-order valence-electron chi connectivity index (χ4n) is 2.18. The summed E-state index contributed by atoms with van der Waals surface area (Å²) in [7, 11) is -0.900. The first-order chi connectivity index (χ1) is 6.60. The van der Waals surface area contributed by atoms with Crippen molar-refractivity contribution in [1.82, 2.24) is 5.32 Å². The van der Waals surface area contributed by atoms with Crippen molar-refractivity contribution in [3.63, 3.8) is 0 Å². The van der Waals surface area contributed by atoms with Gasteiger partial charge in [-0.3, -0.25) is 0 Å². The Labute approximate surface area is 87.2 Å². The van der Waals surface area contributed by atoms with Crippen LogP contribution in [0.1, 0.15) is 39.0 Å². The van der Waals surface area contributed by atoms with Crippen LogP contribution in [0.5, 0.6) is 0 Å². The van der Waals surface area contributed by atoms with Crippen molar-refractivity contribution in [1.29, 1.82) is 0 Å². The molecular weight excluding hydrogens is 198 g/mol. The van der Waals surface area contributed by atoms with Crippen molar-refractivity contribution in [3.8, 4) is 0 Å². The van der Waals surface area contributed by atoms with Crippen LogP contribution in [0.25, 0.3) is 0 Å². The molecule has 0 spiro atoms. The first-order valence-corrected chi connectivity index (χ1v) is 7.20. The van der Waals surface area contributed by atoms with E-state index in [9.17, 15) is 8.42 Å². The number of nitrogens with one attached hydrogen (secondary N) is 1. The second-order valence-electron chi connectivity index (χ2n) is 4.14. The Balaban J connectivity index is 2.59. The first-order valence-electron chi connectivity index (χ1n) is 5.49. The number of sulfone groups is 1. The van der Waals surface area contributed by atoms with Gasteiger partial charge >= 0.3 is 0 Å². The normalized spacial score (nSPS) is 29.0. The second-order valence-corrected chi connectivity index (χ2v) is 6.54. The molecule has 2 unspecified atom stereocenters. The molecule has 3 nitrogen and oxygen atoms in total. The summed E-state index contributed by atoms with van der Waals surface area (Å²) in [5.41, 5.74) is 0. The van der Waals surface area contributed by atoms with E-state index in [1.807, 2.05) is 14.0 Å². The van der Waals surface area contributed by atoms with Gasteiger partial charge in [-0.25, -0.2) is 8.42 Å². The van der Waals surface area contributed by atoms with E-state index in [0.29, 0.717) is 11.8 Å². The van der Waals surface area contributed by atoms with Gasteiger partial charge in [0.2, 0.25) is 0 Å². The maximum absolute atomic E-state index is 11.8. The molecule has 0 aromatic carbocycles. The molecule has 2 atom stereocenters. The number of hydrogen-bond acceptors (Lipinski definition) is 3. The highest BCUT2D eigenvalue weighted by Crippen LogP contribution is 2.24. The Bertz CT molecular complexity index is 261. The minimum atomic E-state index is -2.82. The van der Waals surface area contributed by atoms with E-state index in [4.69, 9.17) is 0 Å². The average molecular weight is 219 g/mol. The van der Waals surface area contributed by atoms with Crippen molar-refractivity contribution in [2.45, 2.75) is 50.3 Å². The van der Waals surface area contributed by atoms with Crippen molar-refractivity contribution in [3.05, 3.63) is 0 Å². The van der Waals surface area contributed by atoms with Gasteiger partial charge in [-0.05, 0) is 32.7 Å². The molecule has 0 amide bonds.